The van der Waals surface area contributed by atoms with Gasteiger partial charge in [-0.25, -0.2) is 0 Å². The van der Waals surface area contributed by atoms with Crippen LogP contribution >= 0.6 is 0 Å². The predicted molar refractivity (Wildman–Crippen MR) is 76.4 cm³/mol. The molecule has 1 atom stereocenters. The Morgan fingerprint density at radius 3 is 2.83 bits per heavy atom. The fourth-order valence-electron chi connectivity index (χ4n) is 1.68. The van der Waals surface area contributed by atoms with E-state index in [9.17, 15) is 0 Å². The van der Waals surface area contributed by atoms with Gasteiger partial charge in [-0.3, -0.25) is 0 Å². The molecule has 0 radical (unpaired) electrons. The molecule has 0 spiro atoms. The summed E-state index contributed by atoms with van der Waals surface area (Å²) in [6.07, 6.45) is 1.14. The maximum absolute atomic E-state index is 8.84. The smallest absolute Gasteiger partial charge is 0.0992 e. The number of likely N-dealkylation sites (N-methyl/N-ethyl adjacent to an activating group) is 1. The van der Waals surface area contributed by atoms with E-state index in [1.54, 1.807) is 18.2 Å². The summed E-state index contributed by atoms with van der Waals surface area (Å²) in [5, 5.41) is 12.1. The van der Waals surface area contributed by atoms with Crippen molar-refractivity contribution in [2.24, 2.45) is 0 Å². The summed E-state index contributed by atoms with van der Waals surface area (Å²) in [4.78, 5) is 2.30. The van der Waals surface area contributed by atoms with Crippen molar-refractivity contribution in [2.75, 3.05) is 31.2 Å². The van der Waals surface area contributed by atoms with Crippen molar-refractivity contribution in [2.45, 2.75) is 26.3 Å². The maximum atomic E-state index is 8.84. The lowest BCUT2D eigenvalue weighted by Crippen LogP contribution is -2.32. The van der Waals surface area contributed by atoms with Crippen LogP contribution in [0.2, 0.25) is 0 Å². The SMILES string of the molecule is CCC(C)N(C)CCNc1cc(C#N)ccc1N. The monoisotopic (exact) mass is 246 g/mol. The number of nitrogens with one attached hydrogen (secondary N) is 1. The number of rotatable bonds is 6. The number of anilines is 2. The molecule has 0 bridgehead atoms. The van der Waals surface area contributed by atoms with Gasteiger partial charge in [0.05, 0.1) is 23.0 Å². The van der Waals surface area contributed by atoms with Gasteiger partial charge >= 0.3 is 0 Å². The third kappa shape index (κ3) is 3.94. The van der Waals surface area contributed by atoms with Crippen LogP contribution in [0.4, 0.5) is 11.4 Å². The number of nitrogens with two attached hydrogens (primary N) is 1. The summed E-state index contributed by atoms with van der Waals surface area (Å²) in [5.74, 6) is 0. The molecule has 0 saturated heterocycles. The van der Waals surface area contributed by atoms with Crippen LogP contribution in [0.15, 0.2) is 18.2 Å². The summed E-state index contributed by atoms with van der Waals surface area (Å²) in [7, 11) is 2.12. The molecule has 1 unspecified atom stereocenters. The second kappa shape index (κ2) is 6.87. The first-order valence-electron chi connectivity index (χ1n) is 6.32. The Kier molecular flexibility index (Phi) is 5.47. The second-order valence-electron chi connectivity index (χ2n) is 4.58. The average Bonchev–Trinajstić information content (AvgIpc) is 2.39. The van der Waals surface area contributed by atoms with Gasteiger partial charge in [0.2, 0.25) is 0 Å². The lowest BCUT2D eigenvalue weighted by molar-refractivity contribution is 0.261. The third-order valence-electron chi connectivity index (χ3n) is 3.31. The zero-order chi connectivity index (χ0) is 13.5. The second-order valence-corrected chi connectivity index (χ2v) is 4.58. The lowest BCUT2D eigenvalue weighted by atomic mass is 10.2. The van der Waals surface area contributed by atoms with E-state index < -0.39 is 0 Å². The number of nitrogens with zero attached hydrogens (tertiary/aromatic N) is 2. The van der Waals surface area contributed by atoms with E-state index in [2.05, 4.69) is 37.2 Å². The molecule has 0 amide bonds. The first kappa shape index (κ1) is 14.3. The van der Waals surface area contributed by atoms with Gasteiger partial charge in [-0.15, -0.1) is 0 Å². The van der Waals surface area contributed by atoms with Gasteiger partial charge in [-0.1, -0.05) is 6.92 Å². The zero-order valence-electron chi connectivity index (χ0n) is 11.4. The van der Waals surface area contributed by atoms with Crippen LogP contribution in [0.1, 0.15) is 25.8 Å². The van der Waals surface area contributed by atoms with Crippen LogP contribution in [0.5, 0.6) is 0 Å². The molecule has 4 nitrogen and oxygen atoms in total. The minimum atomic E-state index is 0.578. The molecule has 0 aliphatic carbocycles. The number of hydrogen-bond acceptors (Lipinski definition) is 4. The Bertz CT molecular complexity index is 422. The Labute approximate surface area is 109 Å². The van der Waals surface area contributed by atoms with E-state index in [4.69, 9.17) is 11.0 Å². The largest absolute Gasteiger partial charge is 0.397 e. The standard InChI is InChI=1S/C14H22N4/c1-4-11(2)18(3)8-7-17-14-9-12(10-15)5-6-13(14)16/h5-6,9,11,17H,4,7-8,16H2,1-3H3. The summed E-state index contributed by atoms with van der Waals surface area (Å²) in [6.45, 7) is 6.17. The molecular weight excluding hydrogens is 224 g/mol. The quantitative estimate of drug-likeness (QED) is 0.756. The topological polar surface area (TPSA) is 65.1 Å². The highest BCUT2D eigenvalue weighted by atomic mass is 15.1. The molecule has 0 saturated carbocycles. The van der Waals surface area contributed by atoms with E-state index in [-0.39, 0.29) is 0 Å². The summed E-state index contributed by atoms with van der Waals surface area (Å²) in [5.41, 5.74) is 8.01. The predicted octanol–water partition coefficient (Wildman–Crippen LogP) is 2.28. The number of nitriles is 1. The first-order chi connectivity index (χ1) is 8.58. The van der Waals surface area contributed by atoms with Crippen molar-refractivity contribution in [1.29, 1.82) is 5.26 Å². The van der Waals surface area contributed by atoms with Crippen LogP contribution in [-0.2, 0) is 0 Å². The van der Waals surface area contributed by atoms with Crippen molar-refractivity contribution in [3.63, 3.8) is 0 Å². The highest BCUT2D eigenvalue weighted by Gasteiger charge is 2.06. The van der Waals surface area contributed by atoms with Gasteiger partial charge in [-0.05, 0) is 38.6 Å². The minimum absolute atomic E-state index is 0.578. The van der Waals surface area contributed by atoms with Gasteiger partial charge in [0.1, 0.15) is 0 Å². The molecule has 3 N–H and O–H groups in total. The molecule has 98 valence electrons. The molecule has 0 aliphatic rings. The molecule has 1 aromatic rings. The maximum Gasteiger partial charge on any atom is 0.0992 e. The van der Waals surface area contributed by atoms with E-state index in [0.29, 0.717) is 17.3 Å². The molecule has 0 heterocycles. The van der Waals surface area contributed by atoms with Crippen molar-refractivity contribution >= 4 is 11.4 Å². The van der Waals surface area contributed by atoms with E-state index >= 15 is 0 Å². The van der Waals surface area contributed by atoms with Gasteiger partial charge in [0, 0.05) is 19.1 Å². The molecule has 18 heavy (non-hydrogen) atoms. The Balaban J connectivity index is 2.51. The van der Waals surface area contributed by atoms with Gasteiger partial charge in [0.25, 0.3) is 0 Å². The molecule has 0 aliphatic heterocycles. The van der Waals surface area contributed by atoms with Gasteiger partial charge in [0.15, 0.2) is 0 Å². The van der Waals surface area contributed by atoms with Crippen molar-refractivity contribution in [1.82, 2.24) is 4.90 Å². The molecule has 1 aromatic carbocycles. The molecule has 0 aromatic heterocycles. The highest BCUT2D eigenvalue weighted by molar-refractivity contribution is 5.68. The number of benzene rings is 1. The van der Waals surface area contributed by atoms with Crippen LogP contribution in [0, 0.1) is 11.3 Å². The van der Waals surface area contributed by atoms with Crippen molar-refractivity contribution < 1.29 is 0 Å². The Morgan fingerprint density at radius 1 is 1.50 bits per heavy atom. The van der Waals surface area contributed by atoms with Gasteiger partial charge < -0.3 is 16.0 Å². The van der Waals surface area contributed by atoms with Crippen LogP contribution in [-0.4, -0.2) is 31.1 Å². The molecule has 1 rings (SSSR count). The number of nitrogen functional groups attached to an aromatic ring is 1. The third-order valence-corrected chi connectivity index (χ3v) is 3.31. The fourth-order valence-corrected chi connectivity index (χ4v) is 1.68. The Morgan fingerprint density at radius 2 is 2.22 bits per heavy atom. The normalized spacial score (nSPS) is 12.2. The summed E-state index contributed by atoms with van der Waals surface area (Å²) < 4.78 is 0. The van der Waals surface area contributed by atoms with Crippen molar-refractivity contribution in [3.05, 3.63) is 23.8 Å². The van der Waals surface area contributed by atoms with Gasteiger partial charge in [-0.2, -0.15) is 5.26 Å². The highest BCUT2D eigenvalue weighted by Crippen LogP contribution is 2.19. The van der Waals surface area contributed by atoms with Crippen LogP contribution in [0.25, 0.3) is 0 Å². The lowest BCUT2D eigenvalue weighted by Gasteiger charge is -2.23. The number of hydrogen-bond donors (Lipinski definition) is 2. The van der Waals surface area contributed by atoms with E-state index in [1.165, 1.54) is 0 Å². The van der Waals surface area contributed by atoms with Crippen LogP contribution < -0.4 is 11.1 Å². The molecule has 0 fully saturated rings. The molecule has 4 heteroatoms. The Hall–Kier alpha value is -1.73. The van der Waals surface area contributed by atoms with E-state index in [0.717, 1.165) is 25.2 Å². The molecular formula is C14H22N4. The summed E-state index contributed by atoms with van der Waals surface area (Å²) >= 11 is 0. The minimum Gasteiger partial charge on any atom is -0.397 e. The summed E-state index contributed by atoms with van der Waals surface area (Å²) in [6, 6.07) is 7.97. The van der Waals surface area contributed by atoms with Crippen molar-refractivity contribution in [3.8, 4) is 6.07 Å². The van der Waals surface area contributed by atoms with E-state index in [1.807, 2.05) is 0 Å². The van der Waals surface area contributed by atoms with Crippen LogP contribution in [0.3, 0.4) is 0 Å². The average molecular weight is 246 g/mol. The first-order valence-corrected chi connectivity index (χ1v) is 6.32. The zero-order valence-corrected chi connectivity index (χ0v) is 11.4. The fraction of sp³-hybridized carbons (Fsp3) is 0.500.